The third-order valence-electron chi connectivity index (χ3n) is 2.12. The van der Waals surface area contributed by atoms with Crippen LogP contribution in [0.2, 0.25) is 0 Å². The minimum Gasteiger partial charge on any atom is -0.496 e. The van der Waals surface area contributed by atoms with Crippen molar-refractivity contribution in [2.75, 3.05) is 13.7 Å². The largest absolute Gasteiger partial charge is 0.496 e. The molecule has 0 aliphatic rings. The van der Waals surface area contributed by atoms with Crippen LogP contribution in [-0.2, 0) is 6.67 Å². The number of Topliss-reactive ketones (excluding diaryl/α,β-unsaturated/α-hetero) is 1. The molecule has 0 radical (unpaired) electrons. The first kappa shape index (κ1) is 11.7. The lowest BCUT2D eigenvalue weighted by atomic mass is 10.0. The molecule has 0 aliphatic carbocycles. The van der Waals surface area contributed by atoms with Gasteiger partial charge < -0.3 is 10.5 Å². The average Bonchev–Trinajstić information content (AvgIpc) is 2.28. The first-order chi connectivity index (χ1) is 7.22. The van der Waals surface area contributed by atoms with Crippen molar-refractivity contribution in [3.63, 3.8) is 0 Å². The number of carbonyl (C=O) groups is 1. The summed E-state index contributed by atoms with van der Waals surface area (Å²) in [6.07, 6.45) is 0.276. The van der Waals surface area contributed by atoms with Crippen LogP contribution >= 0.6 is 0 Å². The van der Waals surface area contributed by atoms with E-state index in [2.05, 4.69) is 0 Å². The summed E-state index contributed by atoms with van der Waals surface area (Å²) >= 11 is 0. The van der Waals surface area contributed by atoms with Crippen molar-refractivity contribution in [2.45, 2.75) is 13.1 Å². The van der Waals surface area contributed by atoms with Crippen molar-refractivity contribution in [1.82, 2.24) is 0 Å². The van der Waals surface area contributed by atoms with E-state index < -0.39 is 6.67 Å². The highest BCUT2D eigenvalue weighted by atomic mass is 19.1. The third kappa shape index (κ3) is 2.76. The van der Waals surface area contributed by atoms with Crippen LogP contribution in [0.25, 0.3) is 0 Å². The number of nitrogens with two attached hydrogens (primary N) is 1. The molecule has 0 saturated carbocycles. The van der Waals surface area contributed by atoms with E-state index in [-0.39, 0.29) is 12.2 Å². The number of ether oxygens (including phenoxy) is 1. The Kier molecular flexibility index (Phi) is 4.24. The van der Waals surface area contributed by atoms with E-state index in [1.807, 2.05) is 0 Å². The van der Waals surface area contributed by atoms with Crippen molar-refractivity contribution in [1.29, 1.82) is 0 Å². The molecule has 0 unspecified atom stereocenters. The maximum absolute atomic E-state index is 12.6. The molecule has 3 nitrogen and oxygen atoms in total. The molecule has 2 N–H and O–H groups in total. The standard InChI is InChI=1S/C11H14FNO2/c1-15-11-3-2-8(6-9(11)7-12)10(14)4-5-13/h2-3,6H,4-5,7,13H2,1H3. The topological polar surface area (TPSA) is 52.3 Å². The van der Waals surface area contributed by atoms with Gasteiger partial charge in [-0.2, -0.15) is 0 Å². The molecule has 0 spiro atoms. The van der Waals surface area contributed by atoms with Crippen molar-refractivity contribution in [2.24, 2.45) is 5.73 Å². The fourth-order valence-corrected chi connectivity index (χ4v) is 1.33. The van der Waals surface area contributed by atoms with Crippen LogP contribution in [0.5, 0.6) is 5.75 Å². The zero-order chi connectivity index (χ0) is 11.3. The van der Waals surface area contributed by atoms with Crippen molar-refractivity contribution in [3.05, 3.63) is 29.3 Å². The van der Waals surface area contributed by atoms with Crippen LogP contribution in [-0.4, -0.2) is 19.4 Å². The average molecular weight is 211 g/mol. The molecule has 82 valence electrons. The van der Waals surface area contributed by atoms with Crippen LogP contribution in [0, 0.1) is 0 Å². The SMILES string of the molecule is COc1ccc(C(=O)CCN)cc1CF. The van der Waals surface area contributed by atoms with Crippen molar-refractivity contribution in [3.8, 4) is 5.75 Å². The molecule has 15 heavy (non-hydrogen) atoms. The highest BCUT2D eigenvalue weighted by Gasteiger charge is 2.09. The second-order valence-corrected chi connectivity index (χ2v) is 3.12. The van der Waals surface area contributed by atoms with Gasteiger partial charge in [0.1, 0.15) is 12.4 Å². The summed E-state index contributed by atoms with van der Waals surface area (Å²) in [5.74, 6) is 0.386. The van der Waals surface area contributed by atoms with Crippen LogP contribution in [0.1, 0.15) is 22.3 Å². The van der Waals surface area contributed by atoms with Crippen LogP contribution < -0.4 is 10.5 Å². The smallest absolute Gasteiger partial charge is 0.164 e. The quantitative estimate of drug-likeness (QED) is 0.754. The Bertz CT molecular complexity index is 352. The Labute approximate surface area is 88.0 Å². The maximum Gasteiger partial charge on any atom is 0.164 e. The van der Waals surface area contributed by atoms with Crippen LogP contribution in [0.4, 0.5) is 4.39 Å². The monoisotopic (exact) mass is 211 g/mol. The van der Waals surface area contributed by atoms with E-state index in [9.17, 15) is 9.18 Å². The van der Waals surface area contributed by atoms with Crippen molar-refractivity contribution < 1.29 is 13.9 Å². The van der Waals surface area contributed by atoms with Gasteiger partial charge in [0.15, 0.2) is 5.78 Å². The van der Waals surface area contributed by atoms with Gasteiger partial charge >= 0.3 is 0 Å². The van der Waals surface area contributed by atoms with E-state index in [1.54, 1.807) is 12.1 Å². The van der Waals surface area contributed by atoms with Gasteiger partial charge in [0.2, 0.25) is 0 Å². The number of methoxy groups -OCH3 is 1. The Morgan fingerprint density at radius 3 is 2.80 bits per heavy atom. The predicted molar refractivity (Wildman–Crippen MR) is 55.8 cm³/mol. The second-order valence-electron chi connectivity index (χ2n) is 3.12. The molecule has 0 aliphatic heterocycles. The molecule has 1 aromatic rings. The van der Waals surface area contributed by atoms with Crippen LogP contribution in [0.3, 0.4) is 0 Å². The zero-order valence-corrected chi connectivity index (χ0v) is 8.63. The number of halogens is 1. The lowest BCUT2D eigenvalue weighted by Crippen LogP contribution is -2.08. The predicted octanol–water partition coefficient (Wildman–Crippen LogP) is 1.70. The number of ketones is 1. The normalized spacial score (nSPS) is 10.1. The fraction of sp³-hybridized carbons (Fsp3) is 0.364. The van der Waals surface area contributed by atoms with Gasteiger partial charge in [0, 0.05) is 17.5 Å². The van der Waals surface area contributed by atoms with Gasteiger partial charge in [-0.1, -0.05) is 0 Å². The summed E-state index contributed by atoms with van der Waals surface area (Å²) in [5, 5.41) is 0. The maximum atomic E-state index is 12.6. The Morgan fingerprint density at radius 1 is 1.53 bits per heavy atom. The lowest BCUT2D eigenvalue weighted by Gasteiger charge is -2.07. The van der Waals surface area contributed by atoms with Crippen molar-refractivity contribution >= 4 is 5.78 Å². The lowest BCUT2D eigenvalue weighted by molar-refractivity contribution is 0.0985. The minimum absolute atomic E-state index is 0.0742. The van der Waals surface area contributed by atoms with E-state index in [4.69, 9.17) is 10.5 Å². The molecule has 0 heterocycles. The zero-order valence-electron chi connectivity index (χ0n) is 8.63. The van der Waals surface area contributed by atoms with E-state index in [1.165, 1.54) is 13.2 Å². The van der Waals surface area contributed by atoms with Gasteiger partial charge in [0.25, 0.3) is 0 Å². The molecule has 0 amide bonds. The first-order valence-corrected chi connectivity index (χ1v) is 4.69. The molecular weight excluding hydrogens is 197 g/mol. The third-order valence-corrected chi connectivity index (χ3v) is 2.12. The molecule has 1 rings (SSSR count). The highest BCUT2D eigenvalue weighted by Crippen LogP contribution is 2.21. The molecule has 0 atom stereocenters. The Morgan fingerprint density at radius 2 is 2.27 bits per heavy atom. The van der Waals surface area contributed by atoms with E-state index >= 15 is 0 Å². The summed E-state index contributed by atoms with van der Waals surface area (Å²) in [7, 11) is 1.47. The molecule has 0 fully saturated rings. The molecular formula is C11H14FNO2. The number of hydrogen-bond acceptors (Lipinski definition) is 3. The van der Waals surface area contributed by atoms with Gasteiger partial charge in [-0.15, -0.1) is 0 Å². The second kappa shape index (κ2) is 5.46. The number of hydrogen-bond donors (Lipinski definition) is 1. The summed E-state index contributed by atoms with van der Waals surface area (Å²) in [6.45, 7) is -0.345. The number of carbonyl (C=O) groups excluding carboxylic acids is 1. The summed E-state index contributed by atoms with van der Waals surface area (Å²) < 4.78 is 17.5. The molecule has 4 heteroatoms. The van der Waals surface area contributed by atoms with Gasteiger partial charge in [-0.3, -0.25) is 4.79 Å². The minimum atomic E-state index is -0.646. The summed E-state index contributed by atoms with van der Waals surface area (Å²) in [5.41, 5.74) is 6.14. The Balaban J connectivity index is 2.97. The summed E-state index contributed by atoms with van der Waals surface area (Å²) in [4.78, 5) is 11.5. The van der Waals surface area contributed by atoms with Gasteiger partial charge in [-0.05, 0) is 24.7 Å². The van der Waals surface area contributed by atoms with Gasteiger partial charge in [-0.25, -0.2) is 4.39 Å². The Hall–Kier alpha value is -1.42. The molecule has 1 aromatic carbocycles. The van der Waals surface area contributed by atoms with E-state index in [0.29, 0.717) is 23.4 Å². The van der Waals surface area contributed by atoms with E-state index in [0.717, 1.165) is 0 Å². The first-order valence-electron chi connectivity index (χ1n) is 4.69. The number of benzene rings is 1. The summed E-state index contributed by atoms with van der Waals surface area (Å²) in [6, 6.07) is 4.73. The number of rotatable bonds is 5. The number of alkyl halides is 1. The molecule has 0 saturated heterocycles. The molecule has 0 aromatic heterocycles. The van der Waals surface area contributed by atoms with Crippen LogP contribution in [0.15, 0.2) is 18.2 Å². The highest BCUT2D eigenvalue weighted by molar-refractivity contribution is 5.96. The fourth-order valence-electron chi connectivity index (χ4n) is 1.33. The van der Waals surface area contributed by atoms with Gasteiger partial charge in [0.05, 0.1) is 7.11 Å². The molecule has 0 bridgehead atoms.